The van der Waals surface area contributed by atoms with E-state index >= 15 is 0 Å². The first-order chi connectivity index (χ1) is 13.5. The number of amides is 2. The van der Waals surface area contributed by atoms with Crippen molar-refractivity contribution in [2.75, 3.05) is 16.0 Å². The van der Waals surface area contributed by atoms with E-state index in [1.807, 2.05) is 18.2 Å². The maximum atomic E-state index is 14.0. The topological polar surface area (TPSA) is 62.6 Å². The van der Waals surface area contributed by atoms with Crippen LogP contribution in [0.15, 0.2) is 65.3 Å². The van der Waals surface area contributed by atoms with Crippen LogP contribution in [0, 0.1) is 12.7 Å². The van der Waals surface area contributed by atoms with Crippen molar-refractivity contribution in [2.24, 2.45) is 0 Å². The molecular weight excluding hydrogens is 379 g/mol. The Balaban J connectivity index is 1.61. The highest BCUT2D eigenvalue weighted by Gasteiger charge is 2.34. The lowest BCUT2D eigenvalue weighted by Gasteiger charge is -2.25. The third kappa shape index (κ3) is 3.53. The van der Waals surface area contributed by atoms with Gasteiger partial charge in [-0.15, -0.1) is 11.8 Å². The third-order valence-electron chi connectivity index (χ3n) is 4.48. The normalized spacial score (nSPS) is 16.4. The molecule has 1 saturated heterocycles. The van der Waals surface area contributed by atoms with E-state index in [0.717, 1.165) is 5.56 Å². The molecular formula is C21H17FN2O3S. The second kappa shape index (κ2) is 7.52. The Hall–Kier alpha value is -3.06. The molecule has 3 aromatic rings. The van der Waals surface area contributed by atoms with Gasteiger partial charge in [-0.25, -0.2) is 4.39 Å². The lowest BCUT2D eigenvalue weighted by Crippen LogP contribution is -2.28. The minimum Gasteiger partial charge on any atom is -0.459 e. The molecule has 0 saturated carbocycles. The summed E-state index contributed by atoms with van der Waals surface area (Å²) in [7, 11) is 0. The second-order valence-electron chi connectivity index (χ2n) is 6.42. The van der Waals surface area contributed by atoms with Crippen molar-refractivity contribution in [1.29, 1.82) is 0 Å². The number of halogens is 1. The fourth-order valence-electron chi connectivity index (χ4n) is 3.05. The Morgan fingerprint density at radius 3 is 2.82 bits per heavy atom. The molecule has 1 fully saturated rings. The van der Waals surface area contributed by atoms with Crippen molar-refractivity contribution in [1.82, 2.24) is 0 Å². The second-order valence-corrected chi connectivity index (χ2v) is 7.49. The summed E-state index contributed by atoms with van der Waals surface area (Å²) < 4.78 is 19.1. The molecule has 0 bridgehead atoms. The fourth-order valence-corrected chi connectivity index (χ4v) is 4.22. The standard InChI is InChI=1S/C21H17FN2O3S/c1-13-7-8-16(11-17(13)22)24-19(25)12-28-21(24)14-4-2-5-15(10-14)23-20(26)18-6-3-9-27-18/h2-11,21H,12H2,1H3,(H,23,26). The van der Waals surface area contributed by atoms with E-state index in [-0.39, 0.29) is 28.8 Å². The Morgan fingerprint density at radius 2 is 2.07 bits per heavy atom. The monoisotopic (exact) mass is 396 g/mol. The number of hydrogen-bond donors (Lipinski definition) is 1. The van der Waals surface area contributed by atoms with Gasteiger partial charge in [0.25, 0.3) is 5.91 Å². The quantitative estimate of drug-likeness (QED) is 0.691. The summed E-state index contributed by atoms with van der Waals surface area (Å²) in [4.78, 5) is 26.3. The van der Waals surface area contributed by atoms with E-state index in [1.165, 1.54) is 24.1 Å². The molecule has 0 spiro atoms. The number of carbonyl (C=O) groups is 2. The highest BCUT2D eigenvalue weighted by molar-refractivity contribution is 8.00. The van der Waals surface area contributed by atoms with E-state index in [1.54, 1.807) is 42.2 Å². The summed E-state index contributed by atoms with van der Waals surface area (Å²) in [5.41, 5.74) is 2.48. The van der Waals surface area contributed by atoms with Crippen molar-refractivity contribution < 1.29 is 18.4 Å². The average Bonchev–Trinajstić information content (AvgIpc) is 3.34. The molecule has 2 heterocycles. The highest BCUT2D eigenvalue weighted by Crippen LogP contribution is 2.42. The molecule has 0 radical (unpaired) electrons. The third-order valence-corrected chi connectivity index (χ3v) is 5.69. The summed E-state index contributed by atoms with van der Waals surface area (Å²) in [6.45, 7) is 1.68. The maximum absolute atomic E-state index is 14.0. The summed E-state index contributed by atoms with van der Waals surface area (Å²) >= 11 is 1.46. The summed E-state index contributed by atoms with van der Waals surface area (Å²) in [6, 6.07) is 15.3. The zero-order valence-electron chi connectivity index (χ0n) is 15.0. The van der Waals surface area contributed by atoms with E-state index in [2.05, 4.69) is 5.32 Å². The van der Waals surface area contributed by atoms with Crippen LogP contribution < -0.4 is 10.2 Å². The molecule has 142 valence electrons. The number of furan rings is 1. The number of nitrogens with zero attached hydrogens (tertiary/aromatic N) is 1. The zero-order chi connectivity index (χ0) is 19.7. The van der Waals surface area contributed by atoms with Gasteiger partial charge in [-0.3, -0.25) is 14.5 Å². The van der Waals surface area contributed by atoms with Gasteiger partial charge in [-0.2, -0.15) is 0 Å². The van der Waals surface area contributed by atoms with Crippen LogP contribution in [0.5, 0.6) is 0 Å². The number of nitrogens with one attached hydrogen (secondary N) is 1. The van der Waals surface area contributed by atoms with Gasteiger partial charge in [-0.05, 0) is 54.4 Å². The smallest absolute Gasteiger partial charge is 0.291 e. The minimum absolute atomic E-state index is 0.0803. The molecule has 1 aromatic heterocycles. The van der Waals surface area contributed by atoms with Crippen molar-refractivity contribution in [3.05, 3.63) is 83.6 Å². The predicted molar refractivity (Wildman–Crippen MR) is 107 cm³/mol. The lowest BCUT2D eigenvalue weighted by molar-refractivity contribution is -0.115. The Kier molecular flexibility index (Phi) is 4.92. The van der Waals surface area contributed by atoms with E-state index in [4.69, 9.17) is 4.42 Å². The van der Waals surface area contributed by atoms with Crippen LogP contribution in [0.2, 0.25) is 0 Å². The van der Waals surface area contributed by atoms with Crippen LogP contribution in [0.1, 0.15) is 27.1 Å². The zero-order valence-corrected chi connectivity index (χ0v) is 15.8. The van der Waals surface area contributed by atoms with Crippen LogP contribution >= 0.6 is 11.8 Å². The van der Waals surface area contributed by atoms with Gasteiger partial charge in [0.2, 0.25) is 5.91 Å². The number of thioether (sulfide) groups is 1. The molecule has 2 amide bonds. The van der Waals surface area contributed by atoms with E-state index in [0.29, 0.717) is 22.7 Å². The van der Waals surface area contributed by atoms with Crippen LogP contribution in [-0.2, 0) is 4.79 Å². The molecule has 28 heavy (non-hydrogen) atoms. The molecule has 1 atom stereocenters. The van der Waals surface area contributed by atoms with Crippen molar-refractivity contribution in [2.45, 2.75) is 12.3 Å². The maximum Gasteiger partial charge on any atom is 0.291 e. The number of rotatable bonds is 4. The van der Waals surface area contributed by atoms with Crippen LogP contribution in [0.4, 0.5) is 15.8 Å². The predicted octanol–water partition coefficient (Wildman–Crippen LogP) is 4.76. The summed E-state index contributed by atoms with van der Waals surface area (Å²) in [5, 5.41) is 2.49. The number of hydrogen-bond acceptors (Lipinski definition) is 4. The summed E-state index contributed by atoms with van der Waals surface area (Å²) in [6.07, 6.45) is 1.44. The van der Waals surface area contributed by atoms with Crippen molar-refractivity contribution >= 4 is 35.0 Å². The number of anilines is 2. The van der Waals surface area contributed by atoms with E-state index in [9.17, 15) is 14.0 Å². The van der Waals surface area contributed by atoms with E-state index < -0.39 is 0 Å². The molecule has 0 aliphatic carbocycles. The van der Waals surface area contributed by atoms with Crippen LogP contribution in [0.25, 0.3) is 0 Å². The van der Waals surface area contributed by atoms with Gasteiger partial charge in [0.15, 0.2) is 5.76 Å². The molecule has 5 nitrogen and oxygen atoms in total. The SMILES string of the molecule is Cc1ccc(N2C(=O)CSC2c2cccc(NC(=O)c3ccco3)c2)cc1F. The first-order valence-electron chi connectivity index (χ1n) is 8.67. The minimum atomic E-state index is -0.352. The molecule has 4 rings (SSSR count). The van der Waals surface area contributed by atoms with Gasteiger partial charge < -0.3 is 9.73 Å². The molecule has 1 N–H and O–H groups in total. The van der Waals surface area contributed by atoms with Crippen molar-refractivity contribution in [3.63, 3.8) is 0 Å². The van der Waals surface area contributed by atoms with Crippen LogP contribution in [0.3, 0.4) is 0 Å². The van der Waals surface area contributed by atoms with Crippen LogP contribution in [-0.4, -0.2) is 17.6 Å². The molecule has 1 unspecified atom stereocenters. The largest absolute Gasteiger partial charge is 0.459 e. The van der Waals surface area contributed by atoms with Gasteiger partial charge in [0, 0.05) is 11.4 Å². The molecule has 1 aliphatic rings. The fraction of sp³-hybridized carbons (Fsp3) is 0.143. The first kappa shape index (κ1) is 18.3. The molecule has 2 aromatic carbocycles. The molecule has 7 heteroatoms. The van der Waals surface area contributed by atoms with Gasteiger partial charge in [-0.1, -0.05) is 18.2 Å². The molecule has 1 aliphatic heterocycles. The van der Waals surface area contributed by atoms with Gasteiger partial charge >= 0.3 is 0 Å². The van der Waals surface area contributed by atoms with Crippen molar-refractivity contribution in [3.8, 4) is 0 Å². The number of carbonyl (C=O) groups excluding carboxylic acids is 2. The number of benzene rings is 2. The first-order valence-corrected chi connectivity index (χ1v) is 9.72. The Labute approximate surface area is 165 Å². The number of aryl methyl sites for hydroxylation is 1. The van der Waals surface area contributed by atoms with Gasteiger partial charge in [0.1, 0.15) is 11.2 Å². The van der Waals surface area contributed by atoms with Gasteiger partial charge in [0.05, 0.1) is 12.0 Å². The Bertz CT molecular complexity index is 1040. The Morgan fingerprint density at radius 1 is 1.21 bits per heavy atom. The highest BCUT2D eigenvalue weighted by atomic mass is 32.2. The summed E-state index contributed by atoms with van der Waals surface area (Å²) in [5.74, 6) is -0.255. The average molecular weight is 396 g/mol. The lowest BCUT2D eigenvalue weighted by atomic mass is 10.1.